The molecule has 0 unspecified atom stereocenters. The third-order valence-corrected chi connectivity index (χ3v) is 61.2. The molecular weight excluding hydrogens is 576 g/mol. The van der Waals surface area contributed by atoms with Crippen LogP contribution in [-0.2, 0) is 12.5 Å². The topological polar surface area (TPSA) is 0 Å². The van der Waals surface area contributed by atoms with Gasteiger partial charge in [0.25, 0.3) is 0 Å². The second-order valence-electron chi connectivity index (χ2n) is 9.32. The first-order chi connectivity index (χ1) is 16.0. The van der Waals surface area contributed by atoms with Crippen LogP contribution < -0.4 is 10.6 Å². The molecule has 33 heavy (non-hydrogen) atoms. The summed E-state index contributed by atoms with van der Waals surface area (Å²) in [6, 6.07) is 22.9. The maximum absolute atomic E-state index is 8.23. The molecule has 2 aromatic carbocycles. The van der Waals surface area contributed by atoms with Crippen molar-refractivity contribution in [2.75, 3.05) is 24.6 Å². The van der Waals surface area contributed by atoms with E-state index in [1.807, 2.05) is 0 Å². The van der Waals surface area contributed by atoms with Gasteiger partial charge in [0, 0.05) is 0 Å². The van der Waals surface area contributed by atoms with Gasteiger partial charge in [-0.3, -0.25) is 0 Å². The third kappa shape index (κ3) is 6.86. The molecule has 0 nitrogen and oxygen atoms in total. The summed E-state index contributed by atoms with van der Waals surface area (Å²) in [4.78, 5) is 0. The molecule has 5 heteroatoms. The molecule has 0 aliphatic heterocycles. The Morgan fingerprint density at radius 1 is 0.515 bits per heavy atom. The van der Waals surface area contributed by atoms with Crippen molar-refractivity contribution in [1.82, 2.24) is 0 Å². The van der Waals surface area contributed by atoms with Crippen LogP contribution in [0, 0.1) is 0 Å². The van der Waals surface area contributed by atoms with Gasteiger partial charge in [-0.15, -0.1) is 0 Å². The van der Waals surface area contributed by atoms with E-state index in [9.17, 15) is 0 Å². The van der Waals surface area contributed by atoms with E-state index in [1.165, 1.54) is 76.0 Å². The zero-order chi connectivity index (χ0) is 24.2. The van der Waals surface area contributed by atoms with Crippen LogP contribution in [0.25, 0.3) is 0 Å². The normalized spacial score (nSPS) is 14.2. The summed E-state index contributed by atoms with van der Waals surface area (Å²) < 4.78 is 0. The van der Waals surface area contributed by atoms with Gasteiger partial charge in [-0.25, -0.2) is 0 Å². The van der Waals surface area contributed by atoms with E-state index in [1.54, 1.807) is 10.6 Å². The third-order valence-electron chi connectivity index (χ3n) is 6.95. The molecule has 0 aromatic heterocycles. The fourth-order valence-corrected chi connectivity index (χ4v) is 64.5. The molecule has 194 valence electrons. The molecule has 0 radical (unpaired) electrons. The zero-order valence-electron chi connectivity index (χ0n) is 21.3. The average molecular weight is 624 g/mol. The van der Waals surface area contributed by atoms with Crippen molar-refractivity contribution < 1.29 is 12.5 Å². The Morgan fingerprint density at radius 3 is 1.03 bits per heavy atom. The summed E-state index contributed by atoms with van der Waals surface area (Å²) in [5.41, 5.74) is -4.23. The van der Waals surface area contributed by atoms with Gasteiger partial charge in [0.15, 0.2) is 0 Å². The van der Waals surface area contributed by atoms with Crippen LogP contribution in [0.15, 0.2) is 60.7 Å². The summed E-state index contributed by atoms with van der Waals surface area (Å²) >= 11 is -2.83. The van der Waals surface area contributed by atoms with Gasteiger partial charge in [0.2, 0.25) is 0 Å². The standard InChI is InChI=1S/2C14H23P.2ClH.Pd/c2*1-3-5-12-15(13-6-4-2)14-10-8-7-9-11-14;;;/h2*7-11H,3-6,12-13H2,1-2H3;2*1H;. The number of benzene rings is 2. The predicted molar refractivity (Wildman–Crippen MR) is 160 cm³/mol. The van der Waals surface area contributed by atoms with Crippen molar-refractivity contribution in [2.24, 2.45) is 0 Å². The van der Waals surface area contributed by atoms with Crippen LogP contribution in [0.4, 0.5) is 0 Å². The molecule has 0 saturated heterocycles. The second-order valence-corrected chi connectivity index (χ2v) is 44.0. The first-order valence-electron chi connectivity index (χ1n) is 13.1. The van der Waals surface area contributed by atoms with E-state index < -0.39 is 23.4 Å². The van der Waals surface area contributed by atoms with E-state index in [2.05, 4.69) is 88.4 Å². The monoisotopic (exact) mass is 622 g/mol. The van der Waals surface area contributed by atoms with Crippen LogP contribution in [0.1, 0.15) is 79.1 Å². The minimum absolute atomic E-state index is 1.22. The predicted octanol–water partition coefficient (Wildman–Crippen LogP) is 9.63. The Morgan fingerprint density at radius 2 is 0.788 bits per heavy atom. The molecule has 0 fully saturated rings. The Balaban J connectivity index is 2.83. The molecule has 0 spiro atoms. The quantitative estimate of drug-likeness (QED) is 0.129. The molecular formula is C28H48Cl2P2Pd. The number of hydrogen-bond donors (Lipinski definition) is 0. The molecule has 0 aliphatic carbocycles. The van der Waals surface area contributed by atoms with Crippen LogP contribution in [0.2, 0.25) is 0 Å². The molecule has 0 N–H and O–H groups in total. The van der Waals surface area contributed by atoms with Crippen molar-refractivity contribution in [2.45, 2.75) is 79.1 Å². The molecule has 0 heterocycles. The van der Waals surface area contributed by atoms with Crippen molar-refractivity contribution in [1.29, 1.82) is 0 Å². The Bertz CT molecular complexity index is 701. The number of hydrogen-bond acceptors (Lipinski definition) is 0. The van der Waals surface area contributed by atoms with Crippen LogP contribution in [0.5, 0.6) is 0 Å². The minimum atomic E-state index is -2.83. The zero-order valence-corrected chi connectivity index (χ0v) is 26.4. The van der Waals surface area contributed by atoms with Gasteiger partial charge in [0.1, 0.15) is 0 Å². The summed E-state index contributed by atoms with van der Waals surface area (Å²) in [6.07, 6.45) is 14.9. The number of rotatable bonds is 16. The van der Waals surface area contributed by atoms with Gasteiger partial charge < -0.3 is 0 Å². The Hall–Kier alpha value is 0.542. The van der Waals surface area contributed by atoms with E-state index >= 15 is 0 Å². The van der Waals surface area contributed by atoms with E-state index in [-0.39, 0.29) is 0 Å². The molecule has 0 atom stereocenters. The van der Waals surface area contributed by atoms with Crippen LogP contribution >= 0.6 is 30.0 Å². The van der Waals surface area contributed by atoms with Gasteiger partial charge in [-0.05, 0) is 0 Å². The Kier molecular flexibility index (Phi) is 13.5. The van der Waals surface area contributed by atoms with Gasteiger partial charge in [0.05, 0.1) is 0 Å². The summed E-state index contributed by atoms with van der Waals surface area (Å²) in [5, 5.41) is 3.10. The average Bonchev–Trinajstić information content (AvgIpc) is 2.85. The van der Waals surface area contributed by atoms with E-state index in [4.69, 9.17) is 19.1 Å². The van der Waals surface area contributed by atoms with Gasteiger partial charge in [-0.2, -0.15) is 0 Å². The van der Waals surface area contributed by atoms with Gasteiger partial charge in [-0.1, -0.05) is 0 Å². The van der Waals surface area contributed by atoms with E-state index in [0.29, 0.717) is 0 Å². The molecule has 0 bridgehead atoms. The fourth-order valence-electron chi connectivity index (χ4n) is 4.98. The van der Waals surface area contributed by atoms with Crippen molar-refractivity contribution >= 4 is 40.6 Å². The van der Waals surface area contributed by atoms with Crippen molar-refractivity contribution in [3.05, 3.63) is 60.7 Å². The van der Waals surface area contributed by atoms with Gasteiger partial charge >= 0.3 is 217 Å². The summed E-state index contributed by atoms with van der Waals surface area (Å²) in [5.74, 6) is 0. The van der Waals surface area contributed by atoms with Crippen molar-refractivity contribution in [3.8, 4) is 0 Å². The molecule has 2 aromatic rings. The number of halogens is 2. The molecule has 0 aliphatic rings. The first-order valence-corrected chi connectivity index (χ1v) is 26.2. The van der Waals surface area contributed by atoms with E-state index in [0.717, 1.165) is 0 Å². The molecule has 0 saturated carbocycles. The molecule has 0 amide bonds. The summed E-state index contributed by atoms with van der Waals surface area (Å²) in [6.45, 7) is 9.31. The van der Waals surface area contributed by atoms with Crippen LogP contribution in [-0.4, -0.2) is 24.6 Å². The first kappa shape index (κ1) is 29.8. The number of unbranched alkanes of at least 4 members (excludes halogenated alkanes) is 4. The van der Waals surface area contributed by atoms with Crippen LogP contribution in [0.3, 0.4) is 0 Å². The van der Waals surface area contributed by atoms with Crippen molar-refractivity contribution in [3.63, 3.8) is 0 Å². The fraction of sp³-hybridized carbons (Fsp3) is 0.571. The Labute approximate surface area is 216 Å². The summed E-state index contributed by atoms with van der Waals surface area (Å²) in [7, 11) is 16.5. The SMILES string of the molecule is CCCC[PH](CCCC)(c1ccccc1)[Pd]([Cl])([Cl])[PH](CCCC)(CCCC)c1ccccc1. The maximum atomic E-state index is 8.23. The molecule has 2 rings (SSSR count). The second kappa shape index (κ2) is 14.9.